The summed E-state index contributed by atoms with van der Waals surface area (Å²) in [6, 6.07) is 2.25. The predicted octanol–water partition coefficient (Wildman–Crippen LogP) is 1.12. The van der Waals surface area contributed by atoms with Crippen molar-refractivity contribution in [2.24, 2.45) is 14.1 Å². The van der Waals surface area contributed by atoms with E-state index >= 15 is 0 Å². The molecule has 0 atom stereocenters. The first-order valence-electron chi connectivity index (χ1n) is 5.47. The molecule has 2 aromatic heterocycles. The molecule has 3 nitrogen and oxygen atoms in total. The van der Waals surface area contributed by atoms with Crippen LogP contribution in [0.1, 0.15) is 18.2 Å². The van der Waals surface area contributed by atoms with Crippen molar-refractivity contribution in [1.29, 1.82) is 0 Å². The number of aryl methyl sites for hydroxylation is 3. The fourth-order valence-electron chi connectivity index (χ4n) is 2.15. The van der Waals surface area contributed by atoms with Crippen LogP contribution in [0, 0.1) is 6.92 Å². The second-order valence-corrected chi connectivity index (χ2v) is 5.89. The van der Waals surface area contributed by atoms with Gasteiger partial charge in [0.15, 0.2) is 0 Å². The van der Waals surface area contributed by atoms with Crippen LogP contribution in [0.15, 0.2) is 18.5 Å². The Hall–Kier alpha value is -0.627. The summed E-state index contributed by atoms with van der Waals surface area (Å²) in [4.78, 5) is 0. The minimum atomic E-state index is 1.08. The molecule has 0 bridgehead atoms. The monoisotopic (exact) mass is 412 g/mol. The molecule has 0 unspecified atom stereocenters. The van der Waals surface area contributed by atoms with Crippen LogP contribution < -0.4 is 2.51 Å². The van der Waals surface area contributed by atoms with Crippen LogP contribution in [0.3, 0.4) is 0 Å². The zero-order chi connectivity index (χ0) is 11.9. The standard InChI is InChI=1S/C12H17N3.Bi/c1-5-10-7-13-12(15(10)4)11-6-9(2)8-14(11)3;/h6-8H,5H2,1-4H3;/q;+1. The molecule has 0 aliphatic rings. The van der Waals surface area contributed by atoms with E-state index in [0.29, 0.717) is 0 Å². The summed E-state index contributed by atoms with van der Waals surface area (Å²) in [7, 11) is 4.26. The van der Waals surface area contributed by atoms with E-state index in [4.69, 9.17) is 0 Å². The third-order valence-electron chi connectivity index (χ3n) is 2.97. The number of imidazole rings is 1. The Balaban J connectivity index is 2.64. The second-order valence-electron chi connectivity index (χ2n) is 4.21. The van der Waals surface area contributed by atoms with Crippen LogP contribution in [0.2, 0.25) is 0 Å². The van der Waals surface area contributed by atoms with Gasteiger partial charge in [-0.15, -0.1) is 0 Å². The average molecular weight is 412 g/mol. The Labute approximate surface area is 112 Å². The summed E-state index contributed by atoms with van der Waals surface area (Å²) >= 11 is 1.24. The molecule has 0 aromatic carbocycles. The molecular formula is C12H17BiN3+. The summed E-state index contributed by atoms with van der Waals surface area (Å²) in [6.07, 6.45) is 5.51. The zero-order valence-electron chi connectivity index (χ0n) is 10.2. The number of nitrogens with zero attached hydrogens (tertiary/aromatic N) is 3. The topological polar surface area (TPSA) is 13.7 Å². The van der Waals surface area contributed by atoms with Gasteiger partial charge in [-0.25, -0.2) is 0 Å². The molecule has 0 aliphatic carbocycles. The van der Waals surface area contributed by atoms with Gasteiger partial charge < -0.3 is 0 Å². The minimum absolute atomic E-state index is 1.08. The Morgan fingerprint density at radius 3 is 2.50 bits per heavy atom. The molecule has 2 rings (SSSR count). The molecule has 84 valence electrons. The normalized spacial score (nSPS) is 11.1. The van der Waals surface area contributed by atoms with Gasteiger partial charge >= 0.3 is 112 Å². The van der Waals surface area contributed by atoms with Crippen molar-refractivity contribution < 1.29 is 2.51 Å². The number of hydrogen-bond acceptors (Lipinski definition) is 0. The van der Waals surface area contributed by atoms with Gasteiger partial charge in [0.2, 0.25) is 0 Å². The van der Waals surface area contributed by atoms with E-state index in [9.17, 15) is 0 Å². The van der Waals surface area contributed by atoms with Crippen molar-refractivity contribution in [2.75, 3.05) is 0 Å². The molecular weight excluding hydrogens is 395 g/mol. The molecule has 0 aliphatic heterocycles. The van der Waals surface area contributed by atoms with Crippen LogP contribution in [-0.4, -0.2) is 34.1 Å². The SMILES string of the molecule is CCc1c[n+]([Bi])c(-c2cc(C)cn2C)n1C. The van der Waals surface area contributed by atoms with E-state index in [1.807, 2.05) is 0 Å². The third kappa shape index (κ3) is 1.84. The van der Waals surface area contributed by atoms with E-state index in [1.54, 1.807) is 0 Å². The molecule has 0 spiro atoms. The Morgan fingerprint density at radius 2 is 2.06 bits per heavy atom. The van der Waals surface area contributed by atoms with Crippen LogP contribution in [0.5, 0.6) is 0 Å². The molecule has 0 saturated carbocycles. The van der Waals surface area contributed by atoms with E-state index in [2.05, 4.69) is 58.0 Å². The van der Waals surface area contributed by atoms with Gasteiger partial charge in [0, 0.05) is 0 Å². The van der Waals surface area contributed by atoms with Gasteiger partial charge in [0.05, 0.1) is 0 Å². The molecule has 2 heterocycles. The fourth-order valence-corrected chi connectivity index (χ4v) is 3.59. The zero-order valence-corrected chi connectivity index (χ0v) is 13.7. The summed E-state index contributed by atoms with van der Waals surface area (Å²) < 4.78 is 6.82. The van der Waals surface area contributed by atoms with Crippen molar-refractivity contribution in [2.45, 2.75) is 20.3 Å². The Morgan fingerprint density at radius 1 is 1.38 bits per heavy atom. The molecule has 0 fully saturated rings. The molecule has 16 heavy (non-hydrogen) atoms. The van der Waals surface area contributed by atoms with E-state index in [0.717, 1.165) is 6.42 Å². The first-order chi connectivity index (χ1) is 7.54. The van der Waals surface area contributed by atoms with Gasteiger partial charge in [-0.3, -0.25) is 0 Å². The van der Waals surface area contributed by atoms with Gasteiger partial charge in [0.1, 0.15) is 0 Å². The van der Waals surface area contributed by atoms with Crippen molar-refractivity contribution in [3.05, 3.63) is 29.7 Å². The first kappa shape index (κ1) is 11.8. The Kier molecular flexibility index (Phi) is 3.20. The molecule has 0 amide bonds. The maximum absolute atomic E-state index is 2.31. The van der Waals surface area contributed by atoms with Crippen LogP contribution in [-0.2, 0) is 20.5 Å². The van der Waals surface area contributed by atoms with Crippen molar-refractivity contribution in [3.8, 4) is 11.5 Å². The quantitative estimate of drug-likeness (QED) is 0.657. The van der Waals surface area contributed by atoms with Crippen molar-refractivity contribution in [3.63, 3.8) is 0 Å². The average Bonchev–Trinajstić information content (AvgIpc) is 2.67. The van der Waals surface area contributed by atoms with Gasteiger partial charge in [0.25, 0.3) is 0 Å². The van der Waals surface area contributed by atoms with Gasteiger partial charge in [-0.05, 0) is 0 Å². The maximum atomic E-state index is 2.31. The van der Waals surface area contributed by atoms with Crippen molar-refractivity contribution >= 4 is 25.0 Å². The van der Waals surface area contributed by atoms with E-state index in [-0.39, 0.29) is 0 Å². The second kappa shape index (κ2) is 4.33. The fraction of sp³-hybridized carbons (Fsp3) is 0.417. The van der Waals surface area contributed by atoms with E-state index < -0.39 is 0 Å². The summed E-state index contributed by atoms with van der Waals surface area (Å²) in [5, 5.41) is 0. The summed E-state index contributed by atoms with van der Waals surface area (Å²) in [5.74, 6) is 1.31. The van der Waals surface area contributed by atoms with Crippen molar-refractivity contribution in [1.82, 2.24) is 9.13 Å². The summed E-state index contributed by atoms with van der Waals surface area (Å²) in [5.41, 5.74) is 3.99. The van der Waals surface area contributed by atoms with Crippen LogP contribution in [0.4, 0.5) is 0 Å². The molecule has 0 N–H and O–H groups in total. The number of aromatic nitrogens is 3. The van der Waals surface area contributed by atoms with Crippen LogP contribution in [0.25, 0.3) is 11.5 Å². The molecule has 2 radical (unpaired) electrons. The van der Waals surface area contributed by atoms with Crippen LogP contribution >= 0.6 is 0 Å². The summed E-state index contributed by atoms with van der Waals surface area (Å²) in [6.45, 7) is 4.34. The molecule has 4 heteroatoms. The first-order valence-corrected chi connectivity index (χ1v) is 7.03. The number of rotatable bonds is 2. The number of hydrogen-bond donors (Lipinski definition) is 0. The van der Waals surface area contributed by atoms with Gasteiger partial charge in [-0.1, -0.05) is 0 Å². The predicted molar refractivity (Wildman–Crippen MR) is 65.3 cm³/mol. The molecule has 0 saturated heterocycles. The third-order valence-corrected chi connectivity index (χ3v) is 4.16. The van der Waals surface area contributed by atoms with Gasteiger partial charge in [-0.2, -0.15) is 0 Å². The Bertz CT molecular complexity index is 523. The van der Waals surface area contributed by atoms with E-state index in [1.165, 1.54) is 47.8 Å². The molecule has 2 aromatic rings.